The fourth-order valence-electron chi connectivity index (χ4n) is 2.01. The maximum Gasteiger partial charge on any atom is 0.242 e. The Balaban J connectivity index is 2.67. The number of unbranched alkanes of at least 4 members (excludes halogenated alkanes) is 3. The molecule has 0 aliphatic rings. The number of nitrogen functional groups attached to an aromatic ring is 1. The average Bonchev–Trinajstić information content (AvgIpc) is 2.37. The van der Waals surface area contributed by atoms with E-state index in [-0.39, 0.29) is 16.6 Å². The van der Waals surface area contributed by atoms with Crippen molar-refractivity contribution in [1.82, 2.24) is 4.72 Å². The van der Waals surface area contributed by atoms with Crippen LogP contribution >= 0.6 is 11.6 Å². The van der Waals surface area contributed by atoms with Crippen molar-refractivity contribution in [1.29, 1.82) is 0 Å². The topological polar surface area (TPSA) is 72.2 Å². The Kier molecular flexibility index (Phi) is 6.79. The van der Waals surface area contributed by atoms with E-state index in [0.717, 1.165) is 19.3 Å². The highest BCUT2D eigenvalue weighted by Gasteiger charge is 2.20. The van der Waals surface area contributed by atoms with Crippen LogP contribution in [0.2, 0.25) is 5.02 Å². The number of nitrogens with two attached hydrogens (primary N) is 1. The summed E-state index contributed by atoms with van der Waals surface area (Å²) in [7, 11) is -3.61. The molecule has 0 aliphatic heterocycles. The van der Waals surface area contributed by atoms with Gasteiger partial charge in [-0.05, 0) is 31.5 Å². The molecule has 0 saturated heterocycles. The van der Waals surface area contributed by atoms with E-state index >= 15 is 0 Å². The largest absolute Gasteiger partial charge is 0.398 e. The van der Waals surface area contributed by atoms with Gasteiger partial charge in [0.15, 0.2) is 0 Å². The maximum absolute atomic E-state index is 12.3. The summed E-state index contributed by atoms with van der Waals surface area (Å²) in [6.45, 7) is 4.01. The standard InChI is InChI=1S/C14H23ClN2O2S/c1-3-4-5-6-7-11(2)17-20(18,19)14-10-12(15)8-9-13(14)16/h8-11,17H,3-7,16H2,1-2H3. The molecule has 0 heterocycles. The Hall–Kier alpha value is -0.780. The third-order valence-electron chi connectivity index (χ3n) is 3.11. The van der Waals surface area contributed by atoms with Crippen molar-refractivity contribution >= 4 is 27.3 Å². The van der Waals surface area contributed by atoms with Gasteiger partial charge in [-0.3, -0.25) is 0 Å². The van der Waals surface area contributed by atoms with Gasteiger partial charge in [-0.2, -0.15) is 0 Å². The van der Waals surface area contributed by atoms with Crippen molar-refractivity contribution in [2.75, 3.05) is 5.73 Å². The van der Waals surface area contributed by atoms with E-state index in [2.05, 4.69) is 11.6 Å². The second-order valence-corrected chi connectivity index (χ2v) is 7.17. The Labute approximate surface area is 126 Å². The fraction of sp³-hybridized carbons (Fsp3) is 0.571. The number of benzene rings is 1. The Bertz CT molecular complexity index is 532. The highest BCUT2D eigenvalue weighted by Crippen LogP contribution is 2.23. The average molecular weight is 319 g/mol. The van der Waals surface area contributed by atoms with E-state index in [1.165, 1.54) is 25.0 Å². The zero-order valence-electron chi connectivity index (χ0n) is 12.0. The van der Waals surface area contributed by atoms with Gasteiger partial charge in [0.2, 0.25) is 10.0 Å². The predicted molar refractivity (Wildman–Crippen MR) is 84.4 cm³/mol. The van der Waals surface area contributed by atoms with Gasteiger partial charge in [0.1, 0.15) is 4.90 Å². The summed E-state index contributed by atoms with van der Waals surface area (Å²) in [6.07, 6.45) is 5.31. The lowest BCUT2D eigenvalue weighted by Gasteiger charge is -2.15. The van der Waals surface area contributed by atoms with Gasteiger partial charge in [-0.15, -0.1) is 0 Å². The first-order valence-corrected chi connectivity index (χ1v) is 8.80. The van der Waals surface area contributed by atoms with E-state index in [1.54, 1.807) is 6.07 Å². The number of nitrogens with one attached hydrogen (secondary N) is 1. The minimum Gasteiger partial charge on any atom is -0.398 e. The van der Waals surface area contributed by atoms with E-state index in [9.17, 15) is 8.42 Å². The summed E-state index contributed by atoms with van der Waals surface area (Å²) in [4.78, 5) is 0.0467. The SMILES string of the molecule is CCCCCCC(C)NS(=O)(=O)c1cc(Cl)ccc1N. The van der Waals surface area contributed by atoms with Gasteiger partial charge in [0, 0.05) is 11.1 Å². The summed E-state index contributed by atoms with van der Waals surface area (Å²) >= 11 is 5.83. The number of hydrogen-bond acceptors (Lipinski definition) is 3. The number of sulfonamides is 1. The number of hydrogen-bond donors (Lipinski definition) is 2. The first-order chi connectivity index (χ1) is 9.36. The van der Waals surface area contributed by atoms with E-state index in [0.29, 0.717) is 5.02 Å². The highest BCUT2D eigenvalue weighted by atomic mass is 35.5. The van der Waals surface area contributed by atoms with Gasteiger partial charge in [-0.1, -0.05) is 44.2 Å². The number of halogens is 1. The number of anilines is 1. The van der Waals surface area contributed by atoms with Crippen LogP contribution < -0.4 is 10.5 Å². The summed E-state index contributed by atoms with van der Waals surface area (Å²) in [5, 5.41) is 0.357. The van der Waals surface area contributed by atoms with E-state index in [4.69, 9.17) is 17.3 Å². The molecule has 0 fully saturated rings. The van der Waals surface area contributed by atoms with Gasteiger partial charge in [-0.25, -0.2) is 13.1 Å². The minimum atomic E-state index is -3.61. The van der Waals surface area contributed by atoms with Gasteiger partial charge < -0.3 is 5.73 Å². The van der Waals surface area contributed by atoms with Crippen LogP contribution in [0.5, 0.6) is 0 Å². The third kappa shape index (κ3) is 5.31. The molecule has 20 heavy (non-hydrogen) atoms. The smallest absolute Gasteiger partial charge is 0.242 e. The lowest BCUT2D eigenvalue weighted by atomic mass is 10.1. The minimum absolute atomic E-state index is 0.0467. The molecule has 1 aromatic rings. The first-order valence-electron chi connectivity index (χ1n) is 6.94. The zero-order valence-corrected chi connectivity index (χ0v) is 13.6. The van der Waals surface area contributed by atoms with E-state index in [1.807, 2.05) is 6.92 Å². The summed E-state index contributed by atoms with van der Waals surface area (Å²) < 4.78 is 27.2. The summed E-state index contributed by atoms with van der Waals surface area (Å²) in [5.41, 5.74) is 5.92. The second kappa shape index (κ2) is 7.86. The van der Waals surface area contributed by atoms with Gasteiger partial charge in [0.05, 0.1) is 5.69 Å². The zero-order chi connectivity index (χ0) is 15.2. The van der Waals surface area contributed by atoms with Gasteiger partial charge >= 0.3 is 0 Å². The van der Waals surface area contributed by atoms with Gasteiger partial charge in [0.25, 0.3) is 0 Å². The van der Waals surface area contributed by atoms with Crippen molar-refractivity contribution < 1.29 is 8.42 Å². The molecule has 0 amide bonds. The Morgan fingerprint density at radius 2 is 2.00 bits per heavy atom. The molecule has 0 aliphatic carbocycles. The molecule has 6 heteroatoms. The molecule has 4 nitrogen and oxygen atoms in total. The lowest BCUT2D eigenvalue weighted by Crippen LogP contribution is -2.33. The lowest BCUT2D eigenvalue weighted by molar-refractivity contribution is 0.522. The molecule has 114 valence electrons. The molecule has 0 radical (unpaired) electrons. The predicted octanol–water partition coefficient (Wildman–Crippen LogP) is 3.56. The normalized spacial score (nSPS) is 13.3. The molecule has 3 N–H and O–H groups in total. The molecule has 0 spiro atoms. The van der Waals surface area contributed by atoms with Crippen LogP contribution in [-0.4, -0.2) is 14.5 Å². The van der Waals surface area contributed by atoms with Crippen LogP contribution in [0.4, 0.5) is 5.69 Å². The molecular weight excluding hydrogens is 296 g/mol. The Morgan fingerprint density at radius 3 is 2.65 bits per heavy atom. The van der Waals surface area contributed by atoms with Crippen LogP contribution in [0.3, 0.4) is 0 Å². The highest BCUT2D eigenvalue weighted by molar-refractivity contribution is 7.89. The quantitative estimate of drug-likeness (QED) is 0.568. The monoisotopic (exact) mass is 318 g/mol. The summed E-state index contributed by atoms with van der Waals surface area (Å²) in [5.74, 6) is 0. The number of rotatable bonds is 8. The fourth-order valence-corrected chi connectivity index (χ4v) is 3.68. The second-order valence-electron chi connectivity index (χ2n) is 5.05. The van der Waals surface area contributed by atoms with Crippen LogP contribution in [0, 0.1) is 0 Å². The van der Waals surface area contributed by atoms with Crippen molar-refractivity contribution in [3.8, 4) is 0 Å². The third-order valence-corrected chi connectivity index (χ3v) is 4.99. The summed E-state index contributed by atoms with van der Waals surface area (Å²) in [6, 6.07) is 4.34. The van der Waals surface area contributed by atoms with Crippen LogP contribution in [0.15, 0.2) is 23.1 Å². The molecule has 0 bridgehead atoms. The van der Waals surface area contributed by atoms with Crippen molar-refractivity contribution in [2.45, 2.75) is 56.9 Å². The molecule has 1 rings (SSSR count). The van der Waals surface area contributed by atoms with Crippen molar-refractivity contribution in [2.24, 2.45) is 0 Å². The van der Waals surface area contributed by atoms with Crippen LogP contribution in [0.25, 0.3) is 0 Å². The molecule has 0 aromatic heterocycles. The molecule has 1 atom stereocenters. The first kappa shape index (κ1) is 17.3. The molecule has 1 aromatic carbocycles. The Morgan fingerprint density at radius 1 is 1.30 bits per heavy atom. The van der Waals surface area contributed by atoms with Crippen molar-refractivity contribution in [3.05, 3.63) is 23.2 Å². The maximum atomic E-state index is 12.3. The van der Waals surface area contributed by atoms with Crippen molar-refractivity contribution in [3.63, 3.8) is 0 Å². The molecule has 1 unspecified atom stereocenters. The van der Waals surface area contributed by atoms with Crippen LogP contribution in [-0.2, 0) is 10.0 Å². The molecular formula is C14H23ClN2O2S. The molecule has 0 saturated carbocycles. The van der Waals surface area contributed by atoms with E-state index < -0.39 is 10.0 Å². The van der Waals surface area contributed by atoms with Crippen LogP contribution in [0.1, 0.15) is 46.0 Å².